The van der Waals surface area contributed by atoms with Crippen LogP contribution in [0.3, 0.4) is 0 Å². The molecule has 24 heavy (non-hydrogen) atoms. The molecule has 4 rings (SSSR count). The first-order chi connectivity index (χ1) is 11.8. The molecule has 0 amide bonds. The predicted octanol–water partition coefficient (Wildman–Crippen LogP) is 4.97. The van der Waals surface area contributed by atoms with Gasteiger partial charge < -0.3 is 4.74 Å². The molecule has 0 bridgehead atoms. The topological polar surface area (TPSA) is 35.0 Å². The van der Waals surface area contributed by atoms with Crippen molar-refractivity contribution in [2.24, 2.45) is 0 Å². The van der Waals surface area contributed by atoms with Crippen LogP contribution >= 0.6 is 0 Å². The third-order valence-corrected chi connectivity index (χ3v) is 4.01. The molecule has 0 N–H and O–H groups in total. The van der Waals surface area contributed by atoms with E-state index in [0.29, 0.717) is 5.88 Å². The maximum Gasteiger partial charge on any atom is 0.223 e. The van der Waals surface area contributed by atoms with E-state index in [4.69, 9.17) is 4.74 Å². The van der Waals surface area contributed by atoms with E-state index in [1.807, 2.05) is 60.8 Å². The van der Waals surface area contributed by atoms with Crippen molar-refractivity contribution in [3.8, 4) is 28.3 Å². The Morgan fingerprint density at radius 1 is 0.750 bits per heavy atom. The van der Waals surface area contributed by atoms with Crippen LogP contribution in [0.25, 0.3) is 33.3 Å². The first kappa shape index (κ1) is 14.4. The molecule has 3 nitrogen and oxygen atoms in total. The van der Waals surface area contributed by atoms with Gasteiger partial charge in [-0.2, -0.15) is 0 Å². The number of hydrogen-bond acceptors (Lipinski definition) is 3. The van der Waals surface area contributed by atoms with Crippen LogP contribution in [-0.4, -0.2) is 17.1 Å². The van der Waals surface area contributed by atoms with Gasteiger partial charge in [0.25, 0.3) is 0 Å². The van der Waals surface area contributed by atoms with Crippen LogP contribution in [0.2, 0.25) is 0 Å². The van der Waals surface area contributed by atoms with E-state index in [-0.39, 0.29) is 0 Å². The van der Waals surface area contributed by atoms with Crippen LogP contribution in [0.4, 0.5) is 0 Å². The predicted molar refractivity (Wildman–Crippen MR) is 97.0 cm³/mol. The van der Waals surface area contributed by atoms with Crippen molar-refractivity contribution in [1.82, 2.24) is 9.97 Å². The SMILES string of the molecule is COc1nc(-c2ccccc2)cc2ncc(-c3ccccc3)cc12. The first-order valence-corrected chi connectivity index (χ1v) is 7.81. The molecule has 2 heterocycles. The zero-order chi connectivity index (χ0) is 16.4. The number of methoxy groups -OCH3 is 1. The van der Waals surface area contributed by atoms with E-state index in [2.05, 4.69) is 28.2 Å². The molecule has 0 unspecified atom stereocenters. The number of rotatable bonds is 3. The Hall–Kier alpha value is -3.20. The van der Waals surface area contributed by atoms with Crippen LogP contribution < -0.4 is 4.74 Å². The lowest BCUT2D eigenvalue weighted by Crippen LogP contribution is -1.94. The van der Waals surface area contributed by atoms with E-state index < -0.39 is 0 Å². The van der Waals surface area contributed by atoms with Crippen molar-refractivity contribution in [3.05, 3.63) is 79.0 Å². The molecule has 3 heteroatoms. The summed E-state index contributed by atoms with van der Waals surface area (Å²) in [6, 6.07) is 24.3. The summed E-state index contributed by atoms with van der Waals surface area (Å²) >= 11 is 0. The number of aromatic nitrogens is 2. The zero-order valence-electron chi connectivity index (χ0n) is 13.3. The second-order valence-corrected chi connectivity index (χ2v) is 5.54. The second kappa shape index (κ2) is 6.13. The highest BCUT2D eigenvalue weighted by molar-refractivity contribution is 5.90. The van der Waals surface area contributed by atoms with Crippen molar-refractivity contribution in [2.45, 2.75) is 0 Å². The third-order valence-electron chi connectivity index (χ3n) is 4.01. The van der Waals surface area contributed by atoms with Gasteiger partial charge in [0.1, 0.15) is 0 Å². The van der Waals surface area contributed by atoms with Crippen LogP contribution in [0.5, 0.6) is 5.88 Å². The third kappa shape index (κ3) is 2.61. The first-order valence-electron chi connectivity index (χ1n) is 7.81. The minimum atomic E-state index is 0.594. The Morgan fingerprint density at radius 2 is 1.42 bits per heavy atom. The van der Waals surface area contributed by atoms with Gasteiger partial charge in [-0.3, -0.25) is 4.98 Å². The summed E-state index contributed by atoms with van der Waals surface area (Å²) in [7, 11) is 1.64. The monoisotopic (exact) mass is 312 g/mol. The van der Waals surface area contributed by atoms with E-state index in [1.165, 1.54) is 0 Å². The van der Waals surface area contributed by atoms with E-state index in [0.717, 1.165) is 33.3 Å². The molecule has 0 saturated heterocycles. The molecule has 0 aliphatic carbocycles. The van der Waals surface area contributed by atoms with Crippen molar-refractivity contribution >= 4 is 10.9 Å². The number of nitrogens with zero attached hydrogens (tertiary/aromatic N) is 2. The van der Waals surface area contributed by atoms with Crippen LogP contribution in [0.1, 0.15) is 0 Å². The van der Waals surface area contributed by atoms with E-state index in [9.17, 15) is 0 Å². The maximum atomic E-state index is 5.53. The maximum absolute atomic E-state index is 5.53. The molecule has 2 aromatic heterocycles. The molecule has 0 radical (unpaired) electrons. The largest absolute Gasteiger partial charge is 0.480 e. The molecular weight excluding hydrogens is 296 g/mol. The molecule has 0 aliphatic rings. The summed E-state index contributed by atoms with van der Waals surface area (Å²) in [5, 5.41) is 0.915. The van der Waals surface area contributed by atoms with Gasteiger partial charge in [0.05, 0.1) is 23.7 Å². The van der Waals surface area contributed by atoms with Crippen molar-refractivity contribution in [3.63, 3.8) is 0 Å². The molecule has 4 aromatic rings. The van der Waals surface area contributed by atoms with Gasteiger partial charge in [0.15, 0.2) is 0 Å². The van der Waals surface area contributed by atoms with Gasteiger partial charge in [-0.05, 0) is 17.7 Å². The highest BCUT2D eigenvalue weighted by Crippen LogP contribution is 2.31. The number of ether oxygens (including phenoxy) is 1. The fourth-order valence-electron chi connectivity index (χ4n) is 2.79. The Kier molecular flexibility index (Phi) is 3.67. The Balaban J connectivity index is 1.89. The lowest BCUT2D eigenvalue weighted by molar-refractivity contribution is 0.404. The summed E-state index contributed by atoms with van der Waals surface area (Å²) in [5.74, 6) is 0.594. The standard InChI is InChI=1S/C21H16N2O/c1-24-21-18-12-17(15-8-4-2-5-9-15)14-22-20(18)13-19(23-21)16-10-6-3-7-11-16/h2-14H,1H3. The quantitative estimate of drug-likeness (QED) is 0.535. The Labute approximate surface area is 140 Å². The van der Waals surface area contributed by atoms with Gasteiger partial charge in [0, 0.05) is 17.3 Å². The van der Waals surface area contributed by atoms with Gasteiger partial charge in [0.2, 0.25) is 5.88 Å². The van der Waals surface area contributed by atoms with Gasteiger partial charge in [-0.15, -0.1) is 0 Å². The normalized spacial score (nSPS) is 10.7. The molecule has 0 spiro atoms. The lowest BCUT2D eigenvalue weighted by atomic mass is 10.0. The Morgan fingerprint density at radius 3 is 2.08 bits per heavy atom. The van der Waals surface area contributed by atoms with E-state index in [1.54, 1.807) is 7.11 Å². The average Bonchev–Trinajstić information content (AvgIpc) is 2.68. The van der Waals surface area contributed by atoms with Gasteiger partial charge >= 0.3 is 0 Å². The second-order valence-electron chi connectivity index (χ2n) is 5.54. The molecule has 0 fully saturated rings. The fourth-order valence-corrected chi connectivity index (χ4v) is 2.79. The van der Waals surface area contributed by atoms with Gasteiger partial charge in [-0.1, -0.05) is 60.7 Å². The molecule has 2 aromatic carbocycles. The minimum Gasteiger partial charge on any atom is -0.480 e. The molecule has 116 valence electrons. The zero-order valence-corrected chi connectivity index (χ0v) is 13.3. The highest BCUT2D eigenvalue weighted by atomic mass is 16.5. The smallest absolute Gasteiger partial charge is 0.223 e. The summed E-state index contributed by atoms with van der Waals surface area (Å²) < 4.78 is 5.53. The number of benzene rings is 2. The van der Waals surface area contributed by atoms with Crippen molar-refractivity contribution < 1.29 is 4.74 Å². The van der Waals surface area contributed by atoms with Gasteiger partial charge in [-0.25, -0.2) is 4.98 Å². The number of hydrogen-bond donors (Lipinski definition) is 0. The van der Waals surface area contributed by atoms with Crippen LogP contribution in [-0.2, 0) is 0 Å². The number of pyridine rings is 2. The summed E-state index contributed by atoms with van der Waals surface area (Å²) in [5.41, 5.74) is 4.96. The molecule has 0 atom stereocenters. The van der Waals surface area contributed by atoms with Crippen LogP contribution in [0, 0.1) is 0 Å². The summed E-state index contributed by atoms with van der Waals surface area (Å²) in [6.45, 7) is 0. The average molecular weight is 312 g/mol. The lowest BCUT2D eigenvalue weighted by Gasteiger charge is -2.09. The summed E-state index contributed by atoms with van der Waals surface area (Å²) in [4.78, 5) is 9.29. The molecule has 0 aliphatic heterocycles. The van der Waals surface area contributed by atoms with Crippen molar-refractivity contribution in [2.75, 3.05) is 7.11 Å². The number of fused-ring (bicyclic) bond motifs is 1. The van der Waals surface area contributed by atoms with Crippen molar-refractivity contribution in [1.29, 1.82) is 0 Å². The Bertz CT molecular complexity index is 983. The summed E-state index contributed by atoms with van der Waals surface area (Å²) in [6.07, 6.45) is 1.89. The van der Waals surface area contributed by atoms with E-state index >= 15 is 0 Å². The van der Waals surface area contributed by atoms with Crippen LogP contribution in [0.15, 0.2) is 79.0 Å². The molecular formula is C21H16N2O. The minimum absolute atomic E-state index is 0.594. The fraction of sp³-hybridized carbons (Fsp3) is 0.0476. The molecule has 0 saturated carbocycles. The highest BCUT2D eigenvalue weighted by Gasteiger charge is 2.10.